The number of rotatable bonds is 9. The Morgan fingerprint density at radius 2 is 1.53 bits per heavy atom. The summed E-state index contributed by atoms with van der Waals surface area (Å²) in [5.74, 6) is -1.49. The Bertz CT molecular complexity index is 1080. The molecule has 2 aromatic rings. The molecule has 1 heterocycles. The molecule has 0 radical (unpaired) electrons. The molecular weight excluding hydrogens is 464 g/mol. The quantitative estimate of drug-likeness (QED) is 0.276. The van der Waals surface area contributed by atoms with Gasteiger partial charge in [-0.1, -0.05) is 30.3 Å². The highest BCUT2D eigenvalue weighted by atomic mass is 16.6. The first-order chi connectivity index (χ1) is 17.4. The summed E-state index contributed by atoms with van der Waals surface area (Å²) < 4.78 is 10.4. The zero-order valence-electron chi connectivity index (χ0n) is 20.1. The van der Waals surface area contributed by atoms with Crippen molar-refractivity contribution in [2.45, 2.75) is 25.9 Å². The van der Waals surface area contributed by atoms with Gasteiger partial charge < -0.3 is 25.0 Å². The maximum absolute atomic E-state index is 12.5. The molecule has 1 fully saturated rings. The second kappa shape index (κ2) is 13.1. The lowest BCUT2D eigenvalue weighted by atomic mass is 10.1. The summed E-state index contributed by atoms with van der Waals surface area (Å²) in [5, 5.41) is 13.2. The Balaban J connectivity index is 1.41. The Hall–Kier alpha value is -4.05. The van der Waals surface area contributed by atoms with Gasteiger partial charge in [0.15, 0.2) is 0 Å². The van der Waals surface area contributed by atoms with E-state index in [9.17, 15) is 19.2 Å². The molecule has 3 amide bonds. The van der Waals surface area contributed by atoms with E-state index in [-0.39, 0.29) is 31.0 Å². The number of likely N-dealkylation sites (tertiary alicyclic amines) is 1. The molecule has 1 saturated heterocycles. The topological polar surface area (TPSA) is 138 Å². The summed E-state index contributed by atoms with van der Waals surface area (Å²) >= 11 is 0. The van der Waals surface area contributed by atoms with Crippen LogP contribution in [0.3, 0.4) is 0 Å². The third-order valence-corrected chi connectivity index (χ3v) is 5.65. The Morgan fingerprint density at radius 3 is 2.17 bits per heavy atom. The Kier molecular flexibility index (Phi) is 9.70. The molecule has 0 bridgehead atoms. The van der Waals surface area contributed by atoms with Crippen molar-refractivity contribution < 1.29 is 28.7 Å². The lowest BCUT2D eigenvalue weighted by molar-refractivity contribution is -0.152. The van der Waals surface area contributed by atoms with Crippen LogP contribution in [-0.4, -0.2) is 73.4 Å². The number of amides is 3. The third kappa shape index (κ3) is 7.74. The van der Waals surface area contributed by atoms with Crippen LogP contribution in [0.1, 0.15) is 46.0 Å². The van der Waals surface area contributed by atoms with Crippen molar-refractivity contribution in [1.29, 1.82) is 5.41 Å². The molecule has 3 rings (SSSR count). The molecule has 0 atom stereocenters. The van der Waals surface area contributed by atoms with Crippen LogP contribution in [-0.2, 0) is 19.1 Å². The summed E-state index contributed by atoms with van der Waals surface area (Å²) in [5.41, 5.74) is 1.22. The van der Waals surface area contributed by atoms with Gasteiger partial charge in [0.25, 0.3) is 11.8 Å². The second-order valence-electron chi connectivity index (χ2n) is 8.15. The van der Waals surface area contributed by atoms with Crippen LogP contribution >= 0.6 is 0 Å². The van der Waals surface area contributed by atoms with Crippen molar-refractivity contribution in [3.05, 3.63) is 71.3 Å². The molecule has 3 N–H and O–H groups in total. The zero-order chi connectivity index (χ0) is 25.9. The molecule has 0 aliphatic carbocycles. The first-order valence-electron chi connectivity index (χ1n) is 11.8. The molecule has 10 nitrogen and oxygen atoms in total. The van der Waals surface area contributed by atoms with Crippen molar-refractivity contribution in [2.24, 2.45) is 0 Å². The minimum absolute atomic E-state index is 0.0828. The highest BCUT2D eigenvalue weighted by molar-refractivity contribution is 6.11. The summed E-state index contributed by atoms with van der Waals surface area (Å²) in [7, 11) is 0. The number of nitrogens with zero attached hydrogens (tertiary/aromatic N) is 1. The fourth-order valence-electron chi connectivity index (χ4n) is 3.67. The van der Waals surface area contributed by atoms with Gasteiger partial charge in [-0.25, -0.2) is 4.79 Å². The lowest BCUT2D eigenvalue weighted by Crippen LogP contribution is -2.45. The largest absolute Gasteiger partial charge is 0.464 e. The van der Waals surface area contributed by atoms with Gasteiger partial charge in [-0.3, -0.25) is 19.8 Å². The normalized spacial score (nSPS) is 13.5. The predicted octanol–water partition coefficient (Wildman–Crippen LogP) is 1.74. The van der Waals surface area contributed by atoms with E-state index < -0.39 is 17.8 Å². The zero-order valence-corrected chi connectivity index (χ0v) is 20.1. The maximum atomic E-state index is 12.5. The molecule has 0 unspecified atom stereocenters. The molecule has 1 aliphatic rings. The van der Waals surface area contributed by atoms with Crippen molar-refractivity contribution in [3.8, 4) is 0 Å². The number of carbonyl (C=O) groups excluding carboxylic acids is 4. The van der Waals surface area contributed by atoms with Crippen molar-refractivity contribution in [1.82, 2.24) is 15.5 Å². The Morgan fingerprint density at radius 1 is 0.917 bits per heavy atom. The number of hydrogen-bond acceptors (Lipinski definition) is 7. The first-order valence-corrected chi connectivity index (χ1v) is 11.8. The third-order valence-electron chi connectivity index (χ3n) is 5.65. The Labute approximate surface area is 209 Å². The molecule has 2 aromatic carbocycles. The number of ether oxygens (including phenoxy) is 2. The van der Waals surface area contributed by atoms with E-state index >= 15 is 0 Å². The fraction of sp³-hybridized carbons (Fsp3) is 0.346. The van der Waals surface area contributed by atoms with Gasteiger partial charge in [-0.15, -0.1) is 0 Å². The van der Waals surface area contributed by atoms with E-state index in [4.69, 9.17) is 14.9 Å². The van der Waals surface area contributed by atoms with Gasteiger partial charge in [0, 0.05) is 29.8 Å². The molecule has 36 heavy (non-hydrogen) atoms. The van der Waals surface area contributed by atoms with Crippen LogP contribution in [0, 0.1) is 5.41 Å². The van der Waals surface area contributed by atoms with E-state index in [1.165, 1.54) is 12.1 Å². The highest BCUT2D eigenvalue weighted by Crippen LogP contribution is 2.14. The van der Waals surface area contributed by atoms with Crippen LogP contribution in [0.5, 0.6) is 0 Å². The molecule has 1 aliphatic heterocycles. The number of esters is 1. The monoisotopic (exact) mass is 494 g/mol. The van der Waals surface area contributed by atoms with Gasteiger partial charge in [-0.2, -0.15) is 0 Å². The molecular formula is C26H30N4O6. The first kappa shape index (κ1) is 26.6. The maximum Gasteiger partial charge on any atom is 0.332 e. The SMILES string of the molecule is CCOC(=O)COC1CCN(C(=O)CNC(=O)c2ccc(C(=N)NC(=O)c3ccccc3)cc2)CC1. The van der Waals surface area contributed by atoms with E-state index in [2.05, 4.69) is 10.6 Å². The van der Waals surface area contributed by atoms with Gasteiger partial charge in [0.05, 0.1) is 19.3 Å². The smallest absolute Gasteiger partial charge is 0.332 e. The highest BCUT2D eigenvalue weighted by Gasteiger charge is 2.24. The average molecular weight is 495 g/mol. The summed E-state index contributed by atoms with van der Waals surface area (Å²) in [4.78, 5) is 50.2. The predicted molar refractivity (Wildman–Crippen MR) is 132 cm³/mol. The van der Waals surface area contributed by atoms with Crippen LogP contribution < -0.4 is 10.6 Å². The molecule has 0 saturated carbocycles. The fourth-order valence-corrected chi connectivity index (χ4v) is 3.67. The van der Waals surface area contributed by atoms with Crippen molar-refractivity contribution in [2.75, 3.05) is 32.8 Å². The van der Waals surface area contributed by atoms with Crippen molar-refractivity contribution in [3.63, 3.8) is 0 Å². The molecule has 190 valence electrons. The molecule has 10 heteroatoms. The number of hydrogen-bond donors (Lipinski definition) is 3. The standard InChI is InChI=1S/C26H30N4O6/c1-2-35-23(32)17-36-21-12-14-30(15-13-21)22(31)16-28-25(33)20-10-8-18(9-11-20)24(27)29-26(34)19-6-4-3-5-7-19/h3-11,21H,2,12-17H2,1H3,(H,28,33)(H2,27,29,34). The van der Waals surface area contributed by atoms with Crippen LogP contribution in [0.2, 0.25) is 0 Å². The van der Waals surface area contributed by atoms with Gasteiger partial charge in [-0.05, 0) is 44.0 Å². The minimum atomic E-state index is -0.414. The van der Waals surface area contributed by atoms with Crippen molar-refractivity contribution >= 4 is 29.5 Å². The molecule has 0 aromatic heterocycles. The van der Waals surface area contributed by atoms with E-state index in [0.717, 1.165) is 0 Å². The lowest BCUT2D eigenvalue weighted by Gasteiger charge is -2.31. The van der Waals surface area contributed by atoms with Gasteiger partial charge >= 0.3 is 5.97 Å². The number of benzene rings is 2. The summed E-state index contributed by atoms with van der Waals surface area (Å²) in [6, 6.07) is 14.8. The number of nitrogens with one attached hydrogen (secondary N) is 3. The van der Waals surface area contributed by atoms with Crippen LogP contribution in [0.15, 0.2) is 54.6 Å². The van der Waals surface area contributed by atoms with Gasteiger partial charge in [0.2, 0.25) is 5.91 Å². The number of amidine groups is 1. The average Bonchev–Trinajstić information content (AvgIpc) is 2.91. The van der Waals surface area contributed by atoms with E-state index in [1.54, 1.807) is 54.3 Å². The van der Waals surface area contributed by atoms with Gasteiger partial charge in [0.1, 0.15) is 12.4 Å². The minimum Gasteiger partial charge on any atom is -0.464 e. The molecule has 0 spiro atoms. The van der Waals surface area contributed by atoms with Crippen LogP contribution in [0.4, 0.5) is 0 Å². The number of piperidine rings is 1. The van der Waals surface area contributed by atoms with Crippen LogP contribution in [0.25, 0.3) is 0 Å². The number of carbonyl (C=O) groups is 4. The summed E-state index contributed by atoms with van der Waals surface area (Å²) in [6.07, 6.45) is 1.10. The second-order valence-corrected chi connectivity index (χ2v) is 8.15. The van der Waals surface area contributed by atoms with E-state index in [1.807, 2.05) is 0 Å². The van der Waals surface area contributed by atoms with E-state index in [0.29, 0.717) is 49.2 Å². The summed E-state index contributed by atoms with van der Waals surface area (Å²) in [6.45, 7) is 2.76.